The Hall–Kier alpha value is -6.64. The minimum atomic E-state index is 0.787. The van der Waals surface area contributed by atoms with E-state index in [1.165, 1.54) is 60.1 Å². The summed E-state index contributed by atoms with van der Waals surface area (Å²) in [5, 5.41) is 11.6. The average molecular weight is 637 g/mol. The van der Waals surface area contributed by atoms with Gasteiger partial charge in [-0.1, -0.05) is 152 Å². The monoisotopic (exact) mass is 636 g/mol. The molecule has 2 heteroatoms. The lowest BCUT2D eigenvalue weighted by molar-refractivity contribution is 0.633. The van der Waals surface area contributed by atoms with E-state index < -0.39 is 0 Å². The molecular weight excluding hydrogens is 609 g/mol. The van der Waals surface area contributed by atoms with E-state index in [-0.39, 0.29) is 0 Å². The first-order valence-electron chi connectivity index (χ1n) is 17.1. The van der Waals surface area contributed by atoms with Crippen LogP contribution in [0.3, 0.4) is 0 Å². The van der Waals surface area contributed by atoms with Gasteiger partial charge in [-0.2, -0.15) is 0 Å². The van der Waals surface area contributed by atoms with Crippen LogP contribution in [-0.2, 0) is 0 Å². The average Bonchev–Trinajstić information content (AvgIpc) is 3.76. The van der Waals surface area contributed by atoms with E-state index in [1.807, 2.05) is 18.2 Å². The zero-order valence-electron chi connectivity index (χ0n) is 27.0. The van der Waals surface area contributed by atoms with Crippen molar-refractivity contribution in [3.05, 3.63) is 170 Å². The molecule has 2 aromatic heterocycles. The number of benzene rings is 9. The highest BCUT2D eigenvalue weighted by atomic mass is 16.4. The van der Waals surface area contributed by atoms with Gasteiger partial charge in [0.25, 0.3) is 0 Å². The van der Waals surface area contributed by atoms with Gasteiger partial charge in [0.05, 0.1) is 0 Å². The molecule has 0 radical (unpaired) electrons. The molecule has 0 fully saturated rings. The number of hydrogen-bond acceptors (Lipinski definition) is 2. The van der Waals surface area contributed by atoms with E-state index in [2.05, 4.69) is 152 Å². The van der Waals surface area contributed by atoms with Gasteiger partial charge in [0.1, 0.15) is 11.2 Å². The van der Waals surface area contributed by atoms with E-state index in [1.54, 1.807) is 0 Å². The van der Waals surface area contributed by atoms with Crippen LogP contribution < -0.4 is 0 Å². The Morgan fingerprint density at radius 3 is 1.36 bits per heavy atom. The molecule has 50 heavy (non-hydrogen) atoms. The van der Waals surface area contributed by atoms with Crippen LogP contribution >= 0.6 is 0 Å². The molecule has 0 N–H and O–H groups in total. The van der Waals surface area contributed by atoms with Crippen LogP contribution in [0, 0.1) is 0 Å². The van der Waals surface area contributed by atoms with E-state index in [0.717, 1.165) is 49.4 Å². The maximum atomic E-state index is 6.68. The lowest BCUT2D eigenvalue weighted by Crippen LogP contribution is -1.93. The molecule has 2 heterocycles. The van der Waals surface area contributed by atoms with Gasteiger partial charge in [0.2, 0.25) is 0 Å². The van der Waals surface area contributed by atoms with Crippen LogP contribution in [0.15, 0.2) is 179 Å². The molecule has 0 amide bonds. The fourth-order valence-corrected chi connectivity index (χ4v) is 8.36. The number of para-hydroxylation sites is 2. The third-order valence-electron chi connectivity index (χ3n) is 10.5. The van der Waals surface area contributed by atoms with Crippen LogP contribution in [0.2, 0.25) is 0 Å². The standard InChI is InChI=1S/C48H28O2/c1-2-14-29(15-3-1)30-26-27-38(32-17-5-4-16-31(30)32)44-34-19-6-8-21-36(34)45(37-22-9-7-20-35(37)44)41-28-40-33-18-10-12-24-42(33)49-47(40)48-46(41)39-23-11-13-25-43(39)50-48/h1-28H. The molecule has 9 aromatic carbocycles. The third-order valence-corrected chi connectivity index (χ3v) is 10.5. The Balaban J connectivity index is 1.30. The minimum absolute atomic E-state index is 0.787. The van der Waals surface area contributed by atoms with Gasteiger partial charge in [0.15, 0.2) is 11.2 Å². The number of hydrogen-bond donors (Lipinski definition) is 0. The molecule has 0 unspecified atom stereocenters. The van der Waals surface area contributed by atoms with Crippen LogP contribution in [0.1, 0.15) is 0 Å². The highest BCUT2D eigenvalue weighted by molar-refractivity contribution is 6.30. The van der Waals surface area contributed by atoms with Crippen LogP contribution in [-0.4, -0.2) is 0 Å². The molecule has 0 bridgehead atoms. The number of furan rings is 2. The topological polar surface area (TPSA) is 26.3 Å². The van der Waals surface area contributed by atoms with Crippen molar-refractivity contribution in [1.29, 1.82) is 0 Å². The summed E-state index contributed by atoms with van der Waals surface area (Å²) in [7, 11) is 0. The Bertz CT molecular complexity index is 3080. The molecule has 232 valence electrons. The van der Waals surface area contributed by atoms with Gasteiger partial charge in [-0.3, -0.25) is 0 Å². The van der Waals surface area contributed by atoms with Crippen LogP contribution in [0.25, 0.3) is 110 Å². The Labute approximate surface area is 287 Å². The Morgan fingerprint density at radius 1 is 0.280 bits per heavy atom. The molecular formula is C48H28O2. The van der Waals surface area contributed by atoms with E-state index in [4.69, 9.17) is 8.83 Å². The van der Waals surface area contributed by atoms with Crippen molar-refractivity contribution in [2.45, 2.75) is 0 Å². The van der Waals surface area contributed by atoms with E-state index >= 15 is 0 Å². The first-order chi connectivity index (χ1) is 24.8. The van der Waals surface area contributed by atoms with Gasteiger partial charge in [-0.15, -0.1) is 0 Å². The molecule has 0 saturated carbocycles. The molecule has 0 atom stereocenters. The second-order valence-corrected chi connectivity index (χ2v) is 13.1. The van der Waals surface area contributed by atoms with Crippen LogP contribution in [0.4, 0.5) is 0 Å². The molecule has 0 aliphatic carbocycles. The summed E-state index contributed by atoms with van der Waals surface area (Å²) in [6.07, 6.45) is 0. The molecule has 2 nitrogen and oxygen atoms in total. The van der Waals surface area contributed by atoms with E-state index in [9.17, 15) is 0 Å². The number of rotatable bonds is 3. The lowest BCUT2D eigenvalue weighted by Gasteiger charge is -2.20. The van der Waals surface area contributed by atoms with Gasteiger partial charge in [-0.25, -0.2) is 0 Å². The molecule has 0 saturated heterocycles. The quantitative estimate of drug-likeness (QED) is 0.180. The van der Waals surface area contributed by atoms with Crippen molar-refractivity contribution in [2.75, 3.05) is 0 Å². The summed E-state index contributed by atoms with van der Waals surface area (Å²) in [6, 6.07) is 60.9. The highest BCUT2D eigenvalue weighted by Crippen LogP contribution is 2.50. The normalized spacial score (nSPS) is 12.0. The van der Waals surface area contributed by atoms with Gasteiger partial charge < -0.3 is 8.83 Å². The second-order valence-electron chi connectivity index (χ2n) is 13.1. The van der Waals surface area contributed by atoms with Gasteiger partial charge in [-0.05, 0) is 83.9 Å². The first kappa shape index (κ1) is 27.3. The Morgan fingerprint density at radius 2 is 0.720 bits per heavy atom. The van der Waals surface area contributed by atoms with E-state index in [0.29, 0.717) is 0 Å². The zero-order valence-corrected chi connectivity index (χ0v) is 27.0. The number of fused-ring (bicyclic) bond motifs is 10. The smallest absolute Gasteiger partial charge is 0.179 e. The lowest BCUT2D eigenvalue weighted by atomic mass is 9.83. The summed E-state index contributed by atoms with van der Waals surface area (Å²) in [5.74, 6) is 0. The van der Waals surface area contributed by atoms with Crippen molar-refractivity contribution in [2.24, 2.45) is 0 Å². The maximum absolute atomic E-state index is 6.68. The Kier molecular flexibility index (Phi) is 5.70. The van der Waals surface area contributed by atoms with Gasteiger partial charge >= 0.3 is 0 Å². The molecule has 11 rings (SSSR count). The molecule has 0 aliphatic rings. The van der Waals surface area contributed by atoms with Crippen LogP contribution in [0.5, 0.6) is 0 Å². The predicted molar refractivity (Wildman–Crippen MR) is 210 cm³/mol. The van der Waals surface area contributed by atoms with Crippen molar-refractivity contribution in [3.8, 4) is 33.4 Å². The summed E-state index contributed by atoms with van der Waals surface area (Å²) >= 11 is 0. The second kappa shape index (κ2) is 10.4. The van der Waals surface area contributed by atoms with Gasteiger partial charge in [0, 0.05) is 21.5 Å². The fourth-order valence-electron chi connectivity index (χ4n) is 8.36. The van der Waals surface area contributed by atoms with Crippen molar-refractivity contribution in [1.82, 2.24) is 0 Å². The molecule has 11 aromatic rings. The van der Waals surface area contributed by atoms with Crippen molar-refractivity contribution < 1.29 is 8.83 Å². The first-order valence-corrected chi connectivity index (χ1v) is 17.1. The maximum Gasteiger partial charge on any atom is 0.179 e. The summed E-state index contributed by atoms with van der Waals surface area (Å²) < 4.78 is 13.2. The summed E-state index contributed by atoms with van der Waals surface area (Å²) in [6.45, 7) is 0. The fraction of sp³-hybridized carbons (Fsp3) is 0. The largest absolute Gasteiger partial charge is 0.452 e. The zero-order chi connectivity index (χ0) is 32.8. The van der Waals surface area contributed by atoms with Crippen molar-refractivity contribution in [3.63, 3.8) is 0 Å². The summed E-state index contributed by atoms with van der Waals surface area (Å²) in [5.41, 5.74) is 10.6. The molecule has 0 spiro atoms. The SMILES string of the molecule is c1ccc(-c2ccc(-c3c4ccccc4c(-c4cc5c6ccccc6oc5c5oc6ccccc6c45)c4ccccc34)c3ccccc23)cc1. The molecule has 0 aliphatic heterocycles. The minimum Gasteiger partial charge on any atom is -0.452 e. The predicted octanol–water partition coefficient (Wildman–Crippen LogP) is 13.9. The third kappa shape index (κ3) is 3.79. The highest BCUT2D eigenvalue weighted by Gasteiger charge is 2.24. The summed E-state index contributed by atoms with van der Waals surface area (Å²) in [4.78, 5) is 0. The van der Waals surface area contributed by atoms with Crippen molar-refractivity contribution >= 4 is 76.2 Å².